The summed E-state index contributed by atoms with van der Waals surface area (Å²) in [6.07, 6.45) is 5.64. The molecule has 3 nitrogen and oxygen atoms in total. The molecule has 0 unspecified atom stereocenters. The van der Waals surface area contributed by atoms with Gasteiger partial charge in [-0.15, -0.1) is 0 Å². The molecule has 5 heteroatoms. The second-order valence-corrected chi connectivity index (χ2v) is 6.27. The molecule has 0 aromatic heterocycles. The van der Waals surface area contributed by atoms with Crippen LogP contribution < -0.4 is 5.32 Å². The van der Waals surface area contributed by atoms with Crippen molar-refractivity contribution < 1.29 is 9.90 Å². The van der Waals surface area contributed by atoms with E-state index in [1.165, 1.54) is 18.6 Å². The number of phenolic OH excluding ortho intramolecular Hbond substituents is 1. The Hall–Kier alpha value is -0.870. The molecule has 1 aromatic rings. The number of benzene rings is 1. The monoisotopic (exact) mass is 285 g/mol. The highest BCUT2D eigenvalue weighted by molar-refractivity contribution is 8.00. The Labute approximate surface area is 116 Å². The second kappa shape index (κ2) is 5.41. The van der Waals surface area contributed by atoms with Crippen molar-refractivity contribution in [2.24, 2.45) is 0 Å². The lowest BCUT2D eigenvalue weighted by Crippen LogP contribution is -2.45. The molecule has 2 N–H and O–H groups in total. The minimum Gasteiger partial charge on any atom is -0.506 e. The highest BCUT2D eigenvalue weighted by Gasteiger charge is 2.36. The summed E-state index contributed by atoms with van der Waals surface area (Å²) in [7, 11) is 0. The molecule has 1 amide bonds. The molecule has 0 bridgehead atoms. The summed E-state index contributed by atoms with van der Waals surface area (Å²) in [5, 5.41) is 12.4. The lowest BCUT2D eigenvalue weighted by molar-refractivity contribution is 0.0944. The number of halogens is 1. The zero-order chi connectivity index (χ0) is 13.2. The molecule has 1 aliphatic carbocycles. The molecule has 1 fully saturated rings. The third-order valence-corrected chi connectivity index (χ3v) is 5.20. The third kappa shape index (κ3) is 2.75. The molecule has 98 valence electrons. The van der Waals surface area contributed by atoms with Gasteiger partial charge in [0.2, 0.25) is 0 Å². The summed E-state index contributed by atoms with van der Waals surface area (Å²) in [5.41, 5.74) is 0.480. The zero-order valence-corrected chi connectivity index (χ0v) is 11.8. The zero-order valence-electron chi connectivity index (χ0n) is 10.2. The van der Waals surface area contributed by atoms with Gasteiger partial charge in [0.05, 0.1) is 5.02 Å². The Kier molecular flexibility index (Phi) is 4.07. The van der Waals surface area contributed by atoms with Crippen LogP contribution in [0.15, 0.2) is 18.2 Å². The number of aromatic hydroxyl groups is 1. The minimum absolute atomic E-state index is 0.00667. The van der Waals surface area contributed by atoms with Crippen molar-refractivity contribution in [2.75, 3.05) is 12.8 Å². The van der Waals surface area contributed by atoms with E-state index in [2.05, 4.69) is 11.6 Å². The van der Waals surface area contributed by atoms with Crippen LogP contribution in [0.3, 0.4) is 0 Å². The number of thioether (sulfide) groups is 1. The molecule has 0 heterocycles. The molecule has 1 aromatic carbocycles. The molecule has 1 aliphatic rings. The fraction of sp³-hybridized carbons (Fsp3) is 0.462. The molecule has 0 radical (unpaired) electrons. The maximum absolute atomic E-state index is 12.0. The van der Waals surface area contributed by atoms with Gasteiger partial charge in [0.25, 0.3) is 5.91 Å². The number of amides is 1. The Morgan fingerprint density at radius 1 is 1.56 bits per heavy atom. The SMILES string of the molecule is CSC1(CNC(=O)c2ccc(O)c(Cl)c2)CCC1. The Bertz CT molecular complexity index is 455. The molecule has 0 saturated heterocycles. The van der Waals surface area contributed by atoms with Crippen molar-refractivity contribution in [2.45, 2.75) is 24.0 Å². The van der Waals surface area contributed by atoms with Gasteiger partial charge in [0.15, 0.2) is 0 Å². The lowest BCUT2D eigenvalue weighted by Gasteiger charge is -2.40. The average Bonchev–Trinajstić information content (AvgIpc) is 2.31. The molecular formula is C13H16ClNO2S. The van der Waals surface area contributed by atoms with E-state index in [0.29, 0.717) is 12.1 Å². The molecule has 18 heavy (non-hydrogen) atoms. The maximum atomic E-state index is 12.0. The van der Waals surface area contributed by atoms with Crippen LogP contribution in [0.5, 0.6) is 5.75 Å². The number of phenols is 1. The smallest absolute Gasteiger partial charge is 0.251 e. The van der Waals surface area contributed by atoms with Gasteiger partial charge in [-0.25, -0.2) is 0 Å². The van der Waals surface area contributed by atoms with Crippen LogP contribution in [0, 0.1) is 0 Å². The van der Waals surface area contributed by atoms with Gasteiger partial charge in [-0.3, -0.25) is 4.79 Å². The number of carbonyl (C=O) groups is 1. The van der Waals surface area contributed by atoms with Gasteiger partial charge in [0.1, 0.15) is 5.75 Å². The normalized spacial score (nSPS) is 17.0. The topological polar surface area (TPSA) is 49.3 Å². The van der Waals surface area contributed by atoms with Crippen LogP contribution in [0.25, 0.3) is 0 Å². The standard InChI is InChI=1S/C13H16ClNO2S/c1-18-13(5-2-6-13)8-15-12(17)9-3-4-11(16)10(14)7-9/h3-4,7,16H,2,5-6,8H2,1H3,(H,15,17). The Morgan fingerprint density at radius 2 is 2.28 bits per heavy atom. The van der Waals surface area contributed by atoms with Crippen LogP contribution in [0.4, 0.5) is 0 Å². The first kappa shape index (κ1) is 13.6. The molecule has 0 aliphatic heterocycles. The van der Waals surface area contributed by atoms with E-state index in [1.807, 2.05) is 11.8 Å². The molecule has 0 atom stereocenters. The summed E-state index contributed by atoms with van der Waals surface area (Å²) >= 11 is 7.60. The molecule has 0 spiro atoms. The van der Waals surface area contributed by atoms with Crippen molar-refractivity contribution in [1.82, 2.24) is 5.32 Å². The van der Waals surface area contributed by atoms with Crippen LogP contribution in [0.2, 0.25) is 5.02 Å². The van der Waals surface area contributed by atoms with Crippen LogP contribution in [-0.2, 0) is 0 Å². The van der Waals surface area contributed by atoms with Gasteiger partial charge in [-0.05, 0) is 37.3 Å². The summed E-state index contributed by atoms with van der Waals surface area (Å²) < 4.78 is 0.219. The fourth-order valence-corrected chi connectivity index (χ4v) is 3.11. The van der Waals surface area contributed by atoms with E-state index in [4.69, 9.17) is 11.6 Å². The van der Waals surface area contributed by atoms with Crippen LogP contribution >= 0.6 is 23.4 Å². The van der Waals surface area contributed by atoms with Crippen molar-refractivity contribution in [1.29, 1.82) is 0 Å². The summed E-state index contributed by atoms with van der Waals surface area (Å²) in [5.74, 6) is -0.148. The van der Waals surface area contributed by atoms with Crippen LogP contribution in [0.1, 0.15) is 29.6 Å². The van der Waals surface area contributed by atoms with E-state index in [9.17, 15) is 9.90 Å². The van der Waals surface area contributed by atoms with Crippen LogP contribution in [-0.4, -0.2) is 28.6 Å². The highest BCUT2D eigenvalue weighted by atomic mass is 35.5. The predicted molar refractivity (Wildman–Crippen MR) is 75.5 cm³/mol. The van der Waals surface area contributed by atoms with E-state index in [0.717, 1.165) is 12.8 Å². The van der Waals surface area contributed by atoms with E-state index in [-0.39, 0.29) is 21.4 Å². The van der Waals surface area contributed by atoms with Crippen molar-refractivity contribution in [3.8, 4) is 5.75 Å². The second-order valence-electron chi connectivity index (χ2n) is 4.59. The Morgan fingerprint density at radius 3 is 2.78 bits per heavy atom. The van der Waals surface area contributed by atoms with Gasteiger partial charge >= 0.3 is 0 Å². The van der Waals surface area contributed by atoms with Gasteiger partial charge < -0.3 is 10.4 Å². The maximum Gasteiger partial charge on any atom is 0.251 e. The number of hydrogen-bond donors (Lipinski definition) is 2. The van der Waals surface area contributed by atoms with Gasteiger partial charge in [-0.1, -0.05) is 18.0 Å². The summed E-state index contributed by atoms with van der Waals surface area (Å²) in [4.78, 5) is 12.0. The largest absolute Gasteiger partial charge is 0.506 e. The van der Waals surface area contributed by atoms with Crippen molar-refractivity contribution >= 4 is 29.3 Å². The van der Waals surface area contributed by atoms with E-state index in [1.54, 1.807) is 6.07 Å². The van der Waals surface area contributed by atoms with Crippen molar-refractivity contribution in [3.63, 3.8) is 0 Å². The predicted octanol–water partition coefficient (Wildman–Crippen LogP) is 3.06. The first-order valence-corrected chi connectivity index (χ1v) is 7.48. The van der Waals surface area contributed by atoms with Gasteiger partial charge in [-0.2, -0.15) is 11.8 Å². The number of rotatable bonds is 4. The minimum atomic E-state index is -0.141. The number of carbonyl (C=O) groups excluding carboxylic acids is 1. The number of hydrogen-bond acceptors (Lipinski definition) is 3. The third-order valence-electron chi connectivity index (χ3n) is 3.48. The fourth-order valence-electron chi connectivity index (χ4n) is 2.02. The quantitative estimate of drug-likeness (QED) is 0.894. The van der Waals surface area contributed by atoms with Gasteiger partial charge in [0, 0.05) is 16.9 Å². The van der Waals surface area contributed by atoms with Crippen molar-refractivity contribution in [3.05, 3.63) is 28.8 Å². The molecular weight excluding hydrogens is 270 g/mol. The Balaban J connectivity index is 1.97. The summed E-state index contributed by atoms with van der Waals surface area (Å²) in [6.45, 7) is 0.686. The highest BCUT2D eigenvalue weighted by Crippen LogP contribution is 2.42. The van der Waals surface area contributed by atoms with E-state index < -0.39 is 0 Å². The average molecular weight is 286 g/mol. The lowest BCUT2D eigenvalue weighted by atomic mass is 9.84. The summed E-state index contributed by atoms with van der Waals surface area (Å²) in [6, 6.07) is 4.49. The van der Waals surface area contributed by atoms with E-state index >= 15 is 0 Å². The number of nitrogens with one attached hydrogen (secondary N) is 1. The molecule has 1 saturated carbocycles. The first-order valence-electron chi connectivity index (χ1n) is 5.88. The molecule has 2 rings (SSSR count). The first-order chi connectivity index (χ1) is 8.56.